The van der Waals surface area contributed by atoms with Gasteiger partial charge in [0, 0.05) is 35.5 Å². The quantitative estimate of drug-likeness (QED) is 0.101. The highest BCUT2D eigenvalue weighted by atomic mass is 19.4. The van der Waals surface area contributed by atoms with Gasteiger partial charge in [0.1, 0.15) is 11.9 Å². The molecule has 0 unspecified atom stereocenters. The molecule has 0 heterocycles. The normalized spacial score (nSPS) is 11.6. The summed E-state index contributed by atoms with van der Waals surface area (Å²) in [5.41, 5.74) is 7.49. The molecule has 3 rings (SSSR count). The Hall–Kier alpha value is -4.77. The second-order valence-corrected chi connectivity index (χ2v) is 8.59. The minimum absolute atomic E-state index is 0.181. The van der Waals surface area contributed by atoms with Crippen molar-refractivity contribution in [3.63, 3.8) is 0 Å². The summed E-state index contributed by atoms with van der Waals surface area (Å²) in [6.45, 7) is -0.756. The van der Waals surface area contributed by atoms with Gasteiger partial charge in [0.05, 0.1) is 12.1 Å². The number of benzene rings is 3. The van der Waals surface area contributed by atoms with Gasteiger partial charge in [-0.25, -0.2) is 9.87 Å². The Bertz CT molecular complexity index is 1450. The summed E-state index contributed by atoms with van der Waals surface area (Å²) < 4.78 is 52.5. The van der Waals surface area contributed by atoms with Crippen LogP contribution in [0.15, 0.2) is 66.7 Å². The highest BCUT2D eigenvalue weighted by Gasteiger charge is 2.33. The van der Waals surface area contributed by atoms with Gasteiger partial charge >= 0.3 is 6.18 Å². The molecule has 41 heavy (non-hydrogen) atoms. The molecule has 0 bridgehead atoms. The van der Waals surface area contributed by atoms with Crippen molar-refractivity contribution in [1.29, 1.82) is 0 Å². The Balaban J connectivity index is 1.51. The first kappa shape index (κ1) is 30.8. The van der Waals surface area contributed by atoms with Crippen LogP contribution < -0.4 is 27.2 Å². The van der Waals surface area contributed by atoms with Crippen LogP contribution in [0, 0.1) is 17.7 Å². The lowest BCUT2D eigenvalue weighted by Crippen LogP contribution is -2.50. The van der Waals surface area contributed by atoms with Crippen molar-refractivity contribution in [2.24, 2.45) is 5.73 Å². The van der Waals surface area contributed by atoms with E-state index >= 15 is 0 Å². The Morgan fingerprint density at radius 2 is 1.54 bits per heavy atom. The molecule has 0 aromatic heterocycles. The molecule has 9 nitrogen and oxygen atoms in total. The molecule has 13 heteroatoms. The van der Waals surface area contributed by atoms with Crippen LogP contribution in [-0.4, -0.2) is 42.1 Å². The van der Waals surface area contributed by atoms with Gasteiger partial charge in [-0.3, -0.25) is 19.6 Å². The summed E-state index contributed by atoms with van der Waals surface area (Å²) >= 11 is 0. The zero-order valence-electron chi connectivity index (χ0n) is 21.3. The average Bonchev–Trinajstić information content (AvgIpc) is 2.95. The summed E-state index contributed by atoms with van der Waals surface area (Å²) in [5, 5.41) is 16.3. The molecule has 214 valence electrons. The summed E-state index contributed by atoms with van der Waals surface area (Å²) in [4.78, 5) is 35.9. The summed E-state index contributed by atoms with van der Waals surface area (Å²) in [6.07, 6.45) is -4.72. The maximum atomic E-state index is 13.2. The van der Waals surface area contributed by atoms with Gasteiger partial charge in [-0.1, -0.05) is 17.9 Å². The summed E-state index contributed by atoms with van der Waals surface area (Å²) in [6, 6.07) is 14.0. The number of amides is 3. The van der Waals surface area contributed by atoms with Crippen LogP contribution in [0.1, 0.15) is 32.6 Å². The van der Waals surface area contributed by atoms with E-state index in [4.69, 9.17) is 10.9 Å². The van der Waals surface area contributed by atoms with E-state index in [9.17, 15) is 31.9 Å². The first-order valence-corrected chi connectivity index (χ1v) is 12.0. The SMILES string of the molecule is NC[C@H](NC(=O)c1ccc(C#Cc2ccc(NC(=O)CNCc3ccc(F)cc3C(F)(F)F)cc2)cc1)C(=O)NO. The molecular formula is C28H25F4N5O4. The summed E-state index contributed by atoms with van der Waals surface area (Å²) in [5.74, 6) is 2.98. The van der Waals surface area contributed by atoms with E-state index < -0.39 is 41.3 Å². The third-order valence-electron chi connectivity index (χ3n) is 5.61. The van der Waals surface area contributed by atoms with E-state index in [1.54, 1.807) is 36.4 Å². The van der Waals surface area contributed by atoms with E-state index in [0.29, 0.717) is 22.9 Å². The Morgan fingerprint density at radius 1 is 0.927 bits per heavy atom. The van der Waals surface area contributed by atoms with Crippen LogP contribution in [0.5, 0.6) is 0 Å². The number of nitrogens with two attached hydrogens (primary N) is 1. The monoisotopic (exact) mass is 571 g/mol. The molecule has 0 aliphatic heterocycles. The largest absolute Gasteiger partial charge is 0.416 e. The number of alkyl halides is 3. The number of hydroxylamine groups is 1. The first-order valence-electron chi connectivity index (χ1n) is 12.0. The maximum Gasteiger partial charge on any atom is 0.416 e. The molecule has 3 aromatic rings. The molecule has 7 N–H and O–H groups in total. The topological polar surface area (TPSA) is 146 Å². The molecule has 0 fully saturated rings. The van der Waals surface area contributed by atoms with Crippen LogP contribution in [-0.2, 0) is 22.3 Å². The maximum absolute atomic E-state index is 13.2. The highest BCUT2D eigenvalue weighted by molar-refractivity contribution is 5.97. The lowest BCUT2D eigenvalue weighted by molar-refractivity contribution is -0.138. The van der Waals surface area contributed by atoms with E-state index in [1.165, 1.54) is 17.6 Å². The van der Waals surface area contributed by atoms with Crippen molar-refractivity contribution in [3.05, 3.63) is 100 Å². The fourth-order valence-electron chi connectivity index (χ4n) is 3.52. The summed E-state index contributed by atoms with van der Waals surface area (Å²) in [7, 11) is 0. The number of halogens is 4. The zero-order valence-corrected chi connectivity index (χ0v) is 21.3. The van der Waals surface area contributed by atoms with Crippen molar-refractivity contribution in [1.82, 2.24) is 16.1 Å². The molecule has 0 radical (unpaired) electrons. The van der Waals surface area contributed by atoms with Crippen LogP contribution in [0.4, 0.5) is 23.2 Å². The molecule has 3 aromatic carbocycles. The van der Waals surface area contributed by atoms with Crippen molar-refractivity contribution < 1.29 is 37.2 Å². The fourth-order valence-corrected chi connectivity index (χ4v) is 3.52. The van der Waals surface area contributed by atoms with Crippen LogP contribution in [0.2, 0.25) is 0 Å². The standard InChI is InChI=1S/C28H25F4N5O4/c29-21-10-9-20(23(13-21)28(30,31)32)15-34-16-25(38)35-22-11-5-18(6-12-22)2-1-17-3-7-19(8-4-17)26(39)36-24(14-33)27(40)37-41/h3-13,24,34,41H,14-16,33H2,(H,35,38)(H,36,39)(H,37,40)/t24-/m0/s1. The molecule has 1 atom stereocenters. The number of nitrogens with one attached hydrogen (secondary N) is 4. The smallest absolute Gasteiger partial charge is 0.339 e. The predicted molar refractivity (Wildman–Crippen MR) is 141 cm³/mol. The van der Waals surface area contributed by atoms with Gasteiger partial charge in [0.25, 0.3) is 11.8 Å². The molecule has 0 spiro atoms. The Kier molecular flexibility index (Phi) is 10.5. The highest BCUT2D eigenvalue weighted by Crippen LogP contribution is 2.32. The van der Waals surface area contributed by atoms with Crippen molar-refractivity contribution in [2.75, 3.05) is 18.4 Å². The lowest BCUT2D eigenvalue weighted by Gasteiger charge is -2.14. The van der Waals surface area contributed by atoms with Gasteiger partial charge in [-0.15, -0.1) is 0 Å². The van der Waals surface area contributed by atoms with E-state index in [-0.39, 0.29) is 30.8 Å². The minimum atomic E-state index is -4.72. The molecule has 3 amide bonds. The molecular weight excluding hydrogens is 546 g/mol. The second kappa shape index (κ2) is 14.0. The van der Waals surface area contributed by atoms with E-state index in [2.05, 4.69) is 27.8 Å². The number of hydrogen-bond acceptors (Lipinski definition) is 6. The third-order valence-corrected chi connectivity index (χ3v) is 5.61. The number of carbonyl (C=O) groups excluding carboxylic acids is 3. The predicted octanol–water partition coefficient (Wildman–Crippen LogP) is 2.54. The molecule has 0 aliphatic carbocycles. The van der Waals surface area contributed by atoms with Crippen LogP contribution in [0.25, 0.3) is 0 Å². The zero-order chi connectivity index (χ0) is 30.0. The van der Waals surface area contributed by atoms with Gasteiger partial charge in [-0.05, 0) is 66.2 Å². The molecule has 0 saturated heterocycles. The second-order valence-electron chi connectivity index (χ2n) is 8.59. The fraction of sp³-hybridized carbons (Fsp3) is 0.179. The first-order chi connectivity index (χ1) is 19.5. The van der Waals surface area contributed by atoms with Gasteiger partial charge in [0.15, 0.2) is 0 Å². The number of rotatable bonds is 9. The Labute approximate surface area is 232 Å². The molecule has 0 aliphatic rings. The van der Waals surface area contributed by atoms with Crippen molar-refractivity contribution in [2.45, 2.75) is 18.8 Å². The van der Waals surface area contributed by atoms with E-state index in [1.807, 2.05) is 0 Å². The number of carbonyl (C=O) groups is 3. The number of hydrogen-bond donors (Lipinski definition) is 6. The average molecular weight is 572 g/mol. The van der Waals surface area contributed by atoms with Gasteiger partial charge in [-0.2, -0.15) is 13.2 Å². The number of anilines is 1. The lowest BCUT2D eigenvalue weighted by atomic mass is 10.1. The minimum Gasteiger partial charge on any atom is -0.339 e. The molecule has 0 saturated carbocycles. The van der Waals surface area contributed by atoms with Crippen LogP contribution in [0.3, 0.4) is 0 Å². The Morgan fingerprint density at radius 3 is 2.10 bits per heavy atom. The van der Waals surface area contributed by atoms with Crippen molar-refractivity contribution >= 4 is 23.4 Å². The van der Waals surface area contributed by atoms with E-state index in [0.717, 1.165) is 12.1 Å². The third kappa shape index (κ3) is 9.14. The van der Waals surface area contributed by atoms with Crippen LogP contribution >= 0.6 is 0 Å². The van der Waals surface area contributed by atoms with Gasteiger partial charge in [0.2, 0.25) is 5.91 Å². The van der Waals surface area contributed by atoms with Crippen molar-refractivity contribution in [3.8, 4) is 11.8 Å². The van der Waals surface area contributed by atoms with Gasteiger partial charge < -0.3 is 21.7 Å².